The number of aromatic nitrogens is 1. The zero-order chi connectivity index (χ0) is 23.9. The van der Waals surface area contributed by atoms with E-state index in [-0.39, 0.29) is 11.9 Å². The molecule has 1 heterocycles. The van der Waals surface area contributed by atoms with Gasteiger partial charge in [-0.15, -0.1) is 0 Å². The van der Waals surface area contributed by atoms with Gasteiger partial charge in [0, 0.05) is 17.9 Å². The van der Waals surface area contributed by atoms with E-state index in [1.807, 2.05) is 47.2 Å². The number of thioether (sulfide) groups is 1. The van der Waals surface area contributed by atoms with Gasteiger partial charge in [0.1, 0.15) is 11.5 Å². The molecule has 0 bridgehead atoms. The summed E-state index contributed by atoms with van der Waals surface area (Å²) in [7, 11) is 0. The number of benzene rings is 3. The summed E-state index contributed by atoms with van der Waals surface area (Å²) in [5.41, 5.74) is 1.85. The number of aryl methyl sites for hydroxylation is 1. The van der Waals surface area contributed by atoms with Crippen molar-refractivity contribution in [3.8, 4) is 11.5 Å². The summed E-state index contributed by atoms with van der Waals surface area (Å²) in [6.45, 7) is 2.79. The number of carbonyl (C=O) groups excluding carboxylic acids is 2. The standard InChI is InChI=1S/C26H24N2O4S2/c1-3-31-25(30)19-12-13-22-23(17-19)34-26(28(22)14-15-33-2)27-24(29)18-8-7-11-21(16-18)32-20-9-5-4-6-10-20/h4-13,16-17H,3,14-15H2,1-2H3. The van der Waals surface area contributed by atoms with Gasteiger partial charge in [-0.05, 0) is 61.7 Å². The Labute approximate surface area is 205 Å². The molecule has 174 valence electrons. The van der Waals surface area contributed by atoms with Gasteiger partial charge < -0.3 is 14.0 Å². The topological polar surface area (TPSA) is 69.9 Å². The van der Waals surface area contributed by atoms with Crippen LogP contribution in [0, 0.1) is 0 Å². The molecule has 0 radical (unpaired) electrons. The smallest absolute Gasteiger partial charge is 0.338 e. The summed E-state index contributed by atoms with van der Waals surface area (Å²) in [4.78, 5) is 30.3. The van der Waals surface area contributed by atoms with Crippen molar-refractivity contribution >= 4 is 45.2 Å². The molecule has 34 heavy (non-hydrogen) atoms. The van der Waals surface area contributed by atoms with Gasteiger partial charge >= 0.3 is 5.97 Å². The molecule has 4 rings (SSSR count). The lowest BCUT2D eigenvalue weighted by atomic mass is 10.2. The van der Waals surface area contributed by atoms with E-state index in [1.54, 1.807) is 55.1 Å². The summed E-state index contributed by atoms with van der Waals surface area (Å²) >= 11 is 3.10. The highest BCUT2D eigenvalue weighted by molar-refractivity contribution is 7.98. The van der Waals surface area contributed by atoms with Gasteiger partial charge in [0.25, 0.3) is 5.91 Å². The number of ether oxygens (including phenoxy) is 2. The van der Waals surface area contributed by atoms with Crippen molar-refractivity contribution in [1.29, 1.82) is 0 Å². The van der Waals surface area contributed by atoms with Crippen molar-refractivity contribution in [3.05, 3.63) is 88.7 Å². The minimum atomic E-state index is -0.363. The van der Waals surface area contributed by atoms with Crippen molar-refractivity contribution in [3.63, 3.8) is 0 Å². The summed E-state index contributed by atoms with van der Waals surface area (Å²) in [5, 5.41) is 0. The molecule has 3 aromatic carbocycles. The first-order valence-electron chi connectivity index (χ1n) is 10.8. The quantitative estimate of drug-likeness (QED) is 0.292. The van der Waals surface area contributed by atoms with Crippen molar-refractivity contribution in [2.24, 2.45) is 4.99 Å². The number of para-hydroxylation sites is 1. The van der Waals surface area contributed by atoms with Crippen LogP contribution in [-0.2, 0) is 11.3 Å². The molecule has 0 aliphatic heterocycles. The summed E-state index contributed by atoms with van der Waals surface area (Å²) < 4.78 is 13.9. The second-order valence-corrected chi connectivity index (χ2v) is 9.29. The predicted molar refractivity (Wildman–Crippen MR) is 137 cm³/mol. The Morgan fingerprint density at radius 1 is 0.971 bits per heavy atom. The number of amides is 1. The molecule has 6 nitrogen and oxygen atoms in total. The van der Waals surface area contributed by atoms with E-state index in [4.69, 9.17) is 9.47 Å². The summed E-state index contributed by atoms with van der Waals surface area (Å²) in [6.07, 6.45) is 2.04. The Hall–Kier alpha value is -3.36. The highest BCUT2D eigenvalue weighted by atomic mass is 32.2. The van der Waals surface area contributed by atoms with Gasteiger partial charge in [0.2, 0.25) is 0 Å². The fourth-order valence-corrected chi connectivity index (χ4v) is 4.83. The first kappa shape index (κ1) is 23.8. The number of fused-ring (bicyclic) bond motifs is 1. The second-order valence-electron chi connectivity index (χ2n) is 7.29. The van der Waals surface area contributed by atoms with Gasteiger partial charge in [-0.25, -0.2) is 4.79 Å². The van der Waals surface area contributed by atoms with E-state index in [2.05, 4.69) is 4.99 Å². The van der Waals surface area contributed by atoms with Crippen molar-refractivity contribution in [2.75, 3.05) is 18.6 Å². The number of carbonyl (C=O) groups is 2. The van der Waals surface area contributed by atoms with Gasteiger partial charge in [-0.3, -0.25) is 4.79 Å². The Kier molecular flexibility index (Phi) is 7.82. The van der Waals surface area contributed by atoms with Crippen LogP contribution in [0.3, 0.4) is 0 Å². The monoisotopic (exact) mass is 492 g/mol. The molecule has 1 aromatic heterocycles. The molecule has 0 fully saturated rings. The Bertz CT molecular complexity index is 1380. The molecule has 0 saturated carbocycles. The van der Waals surface area contributed by atoms with Crippen molar-refractivity contribution in [1.82, 2.24) is 4.57 Å². The minimum Gasteiger partial charge on any atom is -0.462 e. The Balaban J connectivity index is 1.69. The van der Waals surface area contributed by atoms with Crippen LogP contribution in [0.5, 0.6) is 11.5 Å². The average Bonchev–Trinajstić information content (AvgIpc) is 3.19. The lowest BCUT2D eigenvalue weighted by Crippen LogP contribution is -2.18. The molecule has 4 aromatic rings. The zero-order valence-corrected chi connectivity index (χ0v) is 20.5. The number of nitrogens with zero attached hydrogens (tertiary/aromatic N) is 2. The van der Waals surface area contributed by atoms with E-state index in [0.717, 1.165) is 16.0 Å². The Morgan fingerprint density at radius 2 is 1.76 bits per heavy atom. The van der Waals surface area contributed by atoms with Crippen LogP contribution in [-0.4, -0.2) is 35.1 Å². The third-order valence-electron chi connectivity index (χ3n) is 4.97. The highest BCUT2D eigenvalue weighted by Crippen LogP contribution is 2.23. The zero-order valence-electron chi connectivity index (χ0n) is 18.9. The second kappa shape index (κ2) is 11.2. The van der Waals surface area contributed by atoms with Gasteiger partial charge in [0.05, 0.1) is 22.4 Å². The van der Waals surface area contributed by atoms with Crippen LogP contribution in [0.2, 0.25) is 0 Å². The molecule has 1 amide bonds. The van der Waals surface area contributed by atoms with Crippen molar-refractivity contribution in [2.45, 2.75) is 13.5 Å². The van der Waals surface area contributed by atoms with E-state index >= 15 is 0 Å². The van der Waals surface area contributed by atoms with Crippen LogP contribution in [0.4, 0.5) is 0 Å². The molecule has 0 saturated heterocycles. The fourth-order valence-electron chi connectivity index (χ4n) is 3.37. The molecule has 0 atom stereocenters. The van der Waals surface area contributed by atoms with Gasteiger partial charge in [-0.2, -0.15) is 16.8 Å². The van der Waals surface area contributed by atoms with Crippen LogP contribution < -0.4 is 9.54 Å². The molecule has 0 N–H and O–H groups in total. The molecular formula is C26H24N2O4S2. The minimum absolute atomic E-state index is 0.317. The number of rotatable bonds is 8. The molecule has 0 unspecified atom stereocenters. The molecular weight excluding hydrogens is 468 g/mol. The van der Waals surface area contributed by atoms with Crippen molar-refractivity contribution < 1.29 is 19.1 Å². The third-order valence-corrected chi connectivity index (χ3v) is 6.60. The largest absolute Gasteiger partial charge is 0.462 e. The summed E-state index contributed by atoms with van der Waals surface area (Å²) in [5.74, 6) is 1.42. The average molecular weight is 493 g/mol. The summed E-state index contributed by atoms with van der Waals surface area (Å²) in [6, 6.07) is 21.8. The van der Waals surface area contributed by atoms with E-state index < -0.39 is 0 Å². The lowest BCUT2D eigenvalue weighted by Gasteiger charge is -2.06. The molecule has 0 aliphatic carbocycles. The first-order chi connectivity index (χ1) is 16.6. The third kappa shape index (κ3) is 5.58. The molecule has 8 heteroatoms. The molecule has 0 spiro atoms. The fraction of sp³-hybridized carbons (Fsp3) is 0.192. The maximum atomic E-state index is 13.1. The Morgan fingerprint density at radius 3 is 2.53 bits per heavy atom. The first-order valence-corrected chi connectivity index (χ1v) is 13.0. The SMILES string of the molecule is CCOC(=O)c1ccc2c(c1)sc(=NC(=O)c1cccc(Oc3ccccc3)c1)n2CCSC. The van der Waals surface area contributed by atoms with Gasteiger partial charge in [0.15, 0.2) is 4.80 Å². The highest BCUT2D eigenvalue weighted by Gasteiger charge is 2.13. The van der Waals surface area contributed by atoms with E-state index in [1.165, 1.54) is 11.3 Å². The van der Waals surface area contributed by atoms with E-state index in [0.29, 0.717) is 40.6 Å². The maximum absolute atomic E-state index is 13.1. The van der Waals surface area contributed by atoms with Crippen LogP contribution >= 0.6 is 23.1 Å². The number of hydrogen-bond acceptors (Lipinski definition) is 6. The number of hydrogen-bond donors (Lipinski definition) is 0. The van der Waals surface area contributed by atoms with Crippen LogP contribution in [0.25, 0.3) is 10.2 Å². The molecule has 0 aliphatic rings. The van der Waals surface area contributed by atoms with Crippen LogP contribution in [0.1, 0.15) is 27.6 Å². The normalized spacial score (nSPS) is 11.5. The number of thiazole rings is 1. The number of esters is 1. The maximum Gasteiger partial charge on any atom is 0.338 e. The van der Waals surface area contributed by atoms with Gasteiger partial charge in [-0.1, -0.05) is 35.6 Å². The van der Waals surface area contributed by atoms with E-state index in [9.17, 15) is 9.59 Å². The van der Waals surface area contributed by atoms with Crippen LogP contribution in [0.15, 0.2) is 77.8 Å². The lowest BCUT2D eigenvalue weighted by molar-refractivity contribution is 0.0526. The predicted octanol–water partition coefficient (Wildman–Crippen LogP) is 5.78.